The maximum Gasteiger partial charge on any atom is 0.234 e. The van der Waals surface area contributed by atoms with Gasteiger partial charge in [-0.15, -0.1) is 0 Å². The lowest BCUT2D eigenvalue weighted by Crippen LogP contribution is -2.53. The van der Waals surface area contributed by atoms with Gasteiger partial charge in [0.2, 0.25) is 11.8 Å². The Bertz CT molecular complexity index is 2090. The summed E-state index contributed by atoms with van der Waals surface area (Å²) in [5.41, 5.74) is 9.01. The third-order valence-corrected chi connectivity index (χ3v) is 11.9. The number of pyridine rings is 1. The zero-order valence-electron chi connectivity index (χ0n) is 29.7. The molecule has 3 aliphatic heterocycles. The van der Waals surface area contributed by atoms with Crippen molar-refractivity contribution >= 4 is 34.2 Å². The Balaban J connectivity index is 0.920. The fourth-order valence-electron chi connectivity index (χ4n) is 8.97. The number of carbonyl (C=O) groups excluding carboxylic acids is 3. The van der Waals surface area contributed by atoms with Crippen LogP contribution in [0.3, 0.4) is 0 Å². The topological polar surface area (TPSA) is 125 Å². The van der Waals surface area contributed by atoms with Crippen LogP contribution in [0.1, 0.15) is 102 Å². The number of nitriles is 1. The summed E-state index contributed by atoms with van der Waals surface area (Å²) < 4.78 is 0. The number of hydrogen-bond donors (Lipinski definition) is 2. The minimum atomic E-state index is -0.397. The first-order chi connectivity index (χ1) is 24.6. The molecule has 0 radical (unpaired) electrons. The molecule has 262 valence electrons. The largest absolute Gasteiger partial charge is 0.371 e. The quantitative estimate of drug-likeness (QED) is 0.267. The maximum absolute atomic E-state index is 14.1. The highest BCUT2D eigenvalue weighted by atomic mass is 16.2. The third-order valence-electron chi connectivity index (χ3n) is 11.9. The molecule has 0 spiro atoms. The standard InChI is InChI=1S/C41H45N7O3/c1-4-27-19-32-33(41(2,3)39-37(38(32)50)31-6-5-25(21-42)18-34(31)44-39)20-35(27)48-11-9-29(10-12-48)47-15-13-46(14-16-47)24-26-17-28(23-43-22-26)30-7-8-36(49)45-40(30)51/h5-6,17-20,22-23,29-30,44H,4,7-16,24H2,1-3H3,(H,45,49,51). The molecule has 3 saturated heterocycles. The SMILES string of the molecule is CCc1cc2c(cc1N1CCC(N3CCN(Cc4cncc(C5CCC(=O)NC5=O)c4)CC3)CC1)C(C)(C)c1[nH]c3cc(C#N)ccc3c1C2=O. The van der Waals surface area contributed by atoms with Crippen LogP contribution in [0, 0.1) is 11.3 Å². The second-order valence-electron chi connectivity index (χ2n) is 15.2. The number of piperidine rings is 2. The Hall–Kier alpha value is -4.85. The van der Waals surface area contributed by atoms with Crippen molar-refractivity contribution in [3.8, 4) is 6.07 Å². The molecule has 2 aromatic heterocycles. The average Bonchev–Trinajstić information content (AvgIpc) is 3.54. The predicted molar refractivity (Wildman–Crippen MR) is 196 cm³/mol. The van der Waals surface area contributed by atoms with E-state index in [2.05, 4.69) is 75.0 Å². The Morgan fingerprint density at radius 1 is 0.961 bits per heavy atom. The van der Waals surface area contributed by atoms with Crippen LogP contribution in [-0.4, -0.2) is 82.7 Å². The van der Waals surface area contributed by atoms with Gasteiger partial charge in [0.15, 0.2) is 5.78 Å². The number of imide groups is 1. The second-order valence-corrected chi connectivity index (χ2v) is 15.2. The molecule has 1 unspecified atom stereocenters. The Kier molecular flexibility index (Phi) is 8.52. The molecular formula is C41H45N7O3. The minimum Gasteiger partial charge on any atom is -0.371 e. The van der Waals surface area contributed by atoms with E-state index in [0.717, 1.165) is 109 Å². The van der Waals surface area contributed by atoms with Gasteiger partial charge in [-0.3, -0.25) is 34.5 Å². The fourth-order valence-corrected chi connectivity index (χ4v) is 8.97. The number of aryl methyl sites for hydroxylation is 1. The summed E-state index contributed by atoms with van der Waals surface area (Å²) >= 11 is 0. The van der Waals surface area contributed by atoms with Crippen LogP contribution in [0.2, 0.25) is 0 Å². The molecule has 51 heavy (non-hydrogen) atoms. The molecule has 2 N–H and O–H groups in total. The van der Waals surface area contributed by atoms with Crippen LogP contribution in [0.15, 0.2) is 48.8 Å². The highest BCUT2D eigenvalue weighted by Gasteiger charge is 2.41. The molecule has 2 aromatic carbocycles. The van der Waals surface area contributed by atoms with E-state index in [4.69, 9.17) is 0 Å². The number of anilines is 1. The van der Waals surface area contributed by atoms with E-state index in [-0.39, 0.29) is 23.5 Å². The number of amides is 2. The van der Waals surface area contributed by atoms with E-state index >= 15 is 0 Å². The number of rotatable bonds is 6. The number of H-pyrrole nitrogens is 1. The van der Waals surface area contributed by atoms with E-state index in [0.29, 0.717) is 24.4 Å². The molecule has 0 bridgehead atoms. The zero-order chi connectivity index (χ0) is 35.4. The first kappa shape index (κ1) is 33.3. The van der Waals surface area contributed by atoms with Crippen LogP contribution in [-0.2, 0) is 28.0 Å². The van der Waals surface area contributed by atoms with E-state index in [1.807, 2.05) is 18.3 Å². The van der Waals surface area contributed by atoms with Crippen LogP contribution >= 0.6 is 0 Å². The number of ketones is 1. The lowest BCUT2D eigenvalue weighted by atomic mass is 9.70. The van der Waals surface area contributed by atoms with Crippen molar-refractivity contribution in [1.82, 2.24) is 25.1 Å². The summed E-state index contributed by atoms with van der Waals surface area (Å²) in [5.74, 6) is -0.666. The van der Waals surface area contributed by atoms with E-state index < -0.39 is 5.41 Å². The van der Waals surface area contributed by atoms with E-state index in [1.54, 1.807) is 12.3 Å². The lowest BCUT2D eigenvalue weighted by Gasteiger charge is -2.44. The number of hydrogen-bond acceptors (Lipinski definition) is 8. The molecule has 8 rings (SSSR count). The third kappa shape index (κ3) is 5.92. The van der Waals surface area contributed by atoms with Gasteiger partial charge in [-0.05, 0) is 72.2 Å². The van der Waals surface area contributed by atoms with Gasteiger partial charge >= 0.3 is 0 Å². The summed E-state index contributed by atoms with van der Waals surface area (Å²) in [6.45, 7) is 13.4. The highest BCUT2D eigenvalue weighted by Crippen LogP contribution is 2.46. The molecule has 2 amide bonds. The summed E-state index contributed by atoms with van der Waals surface area (Å²) in [4.78, 5) is 53.7. The number of piperazine rings is 1. The molecule has 4 aromatic rings. The summed E-state index contributed by atoms with van der Waals surface area (Å²) in [7, 11) is 0. The number of nitrogens with zero attached hydrogens (tertiary/aromatic N) is 5. The number of nitrogens with one attached hydrogen (secondary N) is 2. The maximum atomic E-state index is 14.1. The van der Waals surface area contributed by atoms with Gasteiger partial charge in [-0.1, -0.05) is 32.9 Å². The molecule has 10 nitrogen and oxygen atoms in total. The zero-order valence-corrected chi connectivity index (χ0v) is 29.7. The van der Waals surface area contributed by atoms with Crippen LogP contribution in [0.4, 0.5) is 5.69 Å². The average molecular weight is 684 g/mol. The molecular weight excluding hydrogens is 638 g/mol. The second kappa shape index (κ2) is 13.0. The molecule has 0 saturated carbocycles. The summed E-state index contributed by atoms with van der Waals surface area (Å²) in [5, 5.41) is 12.8. The molecule has 5 heterocycles. The van der Waals surface area contributed by atoms with Crippen molar-refractivity contribution < 1.29 is 14.4 Å². The molecule has 3 fully saturated rings. The Labute approximate surface area is 298 Å². The molecule has 10 heteroatoms. The van der Waals surface area contributed by atoms with Gasteiger partial charge in [-0.2, -0.15) is 5.26 Å². The van der Waals surface area contributed by atoms with Crippen molar-refractivity contribution in [3.63, 3.8) is 0 Å². The normalized spacial score (nSPS) is 21.3. The number of fused-ring (bicyclic) bond motifs is 4. The van der Waals surface area contributed by atoms with Crippen molar-refractivity contribution in [3.05, 3.63) is 93.4 Å². The van der Waals surface area contributed by atoms with Crippen LogP contribution in [0.25, 0.3) is 10.9 Å². The predicted octanol–water partition coefficient (Wildman–Crippen LogP) is 5.17. The molecule has 1 aliphatic carbocycles. The Morgan fingerprint density at radius 3 is 2.47 bits per heavy atom. The first-order valence-corrected chi connectivity index (χ1v) is 18.4. The van der Waals surface area contributed by atoms with E-state index in [9.17, 15) is 19.6 Å². The minimum absolute atomic E-state index is 0.0627. The Morgan fingerprint density at radius 2 is 1.75 bits per heavy atom. The van der Waals surface area contributed by atoms with Crippen molar-refractivity contribution in [2.45, 2.75) is 76.8 Å². The monoisotopic (exact) mass is 683 g/mol. The summed E-state index contributed by atoms with van der Waals surface area (Å²) in [6.07, 6.45) is 7.62. The smallest absolute Gasteiger partial charge is 0.234 e. The number of aromatic nitrogens is 2. The van der Waals surface area contributed by atoms with Gasteiger partial charge in [0.05, 0.1) is 23.1 Å². The van der Waals surface area contributed by atoms with Crippen molar-refractivity contribution in [1.29, 1.82) is 5.26 Å². The first-order valence-electron chi connectivity index (χ1n) is 18.4. The van der Waals surface area contributed by atoms with Gasteiger partial charge < -0.3 is 9.88 Å². The number of benzene rings is 2. The van der Waals surface area contributed by atoms with E-state index in [1.165, 1.54) is 11.3 Å². The van der Waals surface area contributed by atoms with Crippen molar-refractivity contribution in [2.75, 3.05) is 44.2 Å². The number of carbonyl (C=O) groups is 3. The van der Waals surface area contributed by atoms with Gasteiger partial charge in [0.25, 0.3) is 0 Å². The van der Waals surface area contributed by atoms with Crippen LogP contribution < -0.4 is 10.2 Å². The van der Waals surface area contributed by atoms with Crippen LogP contribution in [0.5, 0.6) is 0 Å². The molecule has 1 atom stereocenters. The summed E-state index contributed by atoms with van der Waals surface area (Å²) in [6, 6.07) is 14.8. The lowest BCUT2D eigenvalue weighted by molar-refractivity contribution is -0.134. The fraction of sp³-hybridized carbons (Fsp3) is 0.439. The highest BCUT2D eigenvalue weighted by molar-refractivity contribution is 6.20. The van der Waals surface area contributed by atoms with Gasteiger partial charge in [0.1, 0.15) is 0 Å². The van der Waals surface area contributed by atoms with Gasteiger partial charge in [-0.25, -0.2) is 0 Å². The number of aromatic amines is 1. The molecule has 4 aliphatic rings. The van der Waals surface area contributed by atoms with Crippen molar-refractivity contribution in [2.24, 2.45) is 0 Å². The van der Waals surface area contributed by atoms with Gasteiger partial charge in [0, 0.05) is 104 Å².